The lowest BCUT2D eigenvalue weighted by molar-refractivity contribution is 0.223. The van der Waals surface area contributed by atoms with Gasteiger partial charge in [0.2, 0.25) is 0 Å². The highest BCUT2D eigenvalue weighted by atomic mass is 32.2. The van der Waals surface area contributed by atoms with Crippen molar-refractivity contribution in [1.29, 1.82) is 0 Å². The molecule has 1 saturated heterocycles. The summed E-state index contributed by atoms with van der Waals surface area (Å²) in [4.78, 5) is 14.1. The summed E-state index contributed by atoms with van der Waals surface area (Å²) >= 11 is 0. The average Bonchev–Trinajstić information content (AvgIpc) is 3.29. The fraction of sp³-hybridized carbons (Fsp3) is 0.333. The van der Waals surface area contributed by atoms with Crippen LogP contribution >= 0.6 is 0 Å². The van der Waals surface area contributed by atoms with Gasteiger partial charge >= 0.3 is 0 Å². The van der Waals surface area contributed by atoms with E-state index in [2.05, 4.69) is 39.9 Å². The van der Waals surface area contributed by atoms with Gasteiger partial charge in [-0.15, -0.1) is 0 Å². The van der Waals surface area contributed by atoms with E-state index in [0.29, 0.717) is 24.5 Å². The Bertz CT molecular complexity index is 1400. The number of ether oxygens (including phenoxy) is 1. The summed E-state index contributed by atoms with van der Waals surface area (Å²) in [5.74, 6) is 0.831. The van der Waals surface area contributed by atoms with Crippen LogP contribution < -0.4 is 15.5 Å². The van der Waals surface area contributed by atoms with E-state index in [-0.39, 0.29) is 23.9 Å². The molecule has 0 bridgehead atoms. The number of amidine groups is 1. The third-order valence-corrected chi connectivity index (χ3v) is 8.48. The van der Waals surface area contributed by atoms with Crippen molar-refractivity contribution < 1.29 is 13.2 Å². The third-order valence-electron chi connectivity index (χ3n) is 6.69. The van der Waals surface area contributed by atoms with Gasteiger partial charge in [0.05, 0.1) is 28.4 Å². The van der Waals surface area contributed by atoms with Gasteiger partial charge in [-0.3, -0.25) is 0 Å². The Labute approximate surface area is 192 Å². The van der Waals surface area contributed by atoms with Gasteiger partial charge < -0.3 is 20.3 Å². The Hall–Kier alpha value is -3.33. The van der Waals surface area contributed by atoms with Crippen molar-refractivity contribution in [2.24, 2.45) is 10.7 Å². The molecule has 0 radical (unpaired) electrons. The molecule has 8 nitrogen and oxygen atoms in total. The predicted octanol–water partition coefficient (Wildman–Crippen LogP) is 2.24. The van der Waals surface area contributed by atoms with Crippen molar-refractivity contribution in [1.82, 2.24) is 4.98 Å². The Balaban J connectivity index is 1.44. The van der Waals surface area contributed by atoms with E-state index in [0.717, 1.165) is 40.1 Å². The van der Waals surface area contributed by atoms with Crippen LogP contribution in [0.3, 0.4) is 0 Å². The van der Waals surface area contributed by atoms with E-state index in [4.69, 9.17) is 15.5 Å². The summed E-state index contributed by atoms with van der Waals surface area (Å²) in [6.45, 7) is 4.36. The zero-order chi connectivity index (χ0) is 22.7. The number of pyridine rings is 1. The second kappa shape index (κ2) is 7.34. The van der Waals surface area contributed by atoms with Crippen molar-refractivity contribution in [3.63, 3.8) is 0 Å². The van der Waals surface area contributed by atoms with Gasteiger partial charge in [0.1, 0.15) is 18.0 Å². The quantitative estimate of drug-likeness (QED) is 0.622. The number of fused-ring (bicyclic) bond motifs is 3. The van der Waals surface area contributed by atoms with Gasteiger partial charge in [-0.25, -0.2) is 18.4 Å². The van der Waals surface area contributed by atoms with E-state index >= 15 is 0 Å². The largest absolute Gasteiger partial charge is 0.458 e. The number of aryl methyl sites for hydroxylation is 1. The number of anilines is 2. The number of nitrogens with two attached hydrogens (primary N) is 1. The van der Waals surface area contributed by atoms with E-state index in [1.807, 2.05) is 18.2 Å². The Morgan fingerprint density at radius 3 is 2.79 bits per heavy atom. The first-order valence-corrected chi connectivity index (χ1v) is 12.7. The maximum atomic E-state index is 12.8. The highest BCUT2D eigenvalue weighted by Gasteiger charge is 2.40. The lowest BCUT2D eigenvalue weighted by Gasteiger charge is -2.26. The number of benzene rings is 2. The minimum atomic E-state index is -3.33. The van der Waals surface area contributed by atoms with Gasteiger partial charge in [0, 0.05) is 31.1 Å². The van der Waals surface area contributed by atoms with Crippen LogP contribution in [-0.4, -0.2) is 57.0 Å². The smallest absolute Gasteiger partial charge is 0.282 e. The summed E-state index contributed by atoms with van der Waals surface area (Å²) in [5.41, 5.74) is 9.67. The highest BCUT2D eigenvalue weighted by Crippen LogP contribution is 2.36. The first-order chi connectivity index (χ1) is 15.9. The number of sulfone groups is 1. The van der Waals surface area contributed by atoms with E-state index in [1.54, 1.807) is 12.1 Å². The number of aromatic nitrogens is 1. The molecule has 3 aliphatic heterocycles. The maximum absolute atomic E-state index is 12.8. The molecular formula is C24H25N5O3S. The maximum Gasteiger partial charge on any atom is 0.282 e. The normalized spacial score (nSPS) is 23.6. The molecule has 2 aromatic carbocycles. The van der Waals surface area contributed by atoms with Crippen LogP contribution in [-0.2, 0) is 21.1 Å². The summed E-state index contributed by atoms with van der Waals surface area (Å²) in [6.07, 6.45) is -0.0447. The van der Waals surface area contributed by atoms with Crippen molar-refractivity contribution in [2.45, 2.75) is 30.5 Å². The summed E-state index contributed by atoms with van der Waals surface area (Å²) in [7, 11) is -3.33. The average molecular weight is 464 g/mol. The molecule has 4 heterocycles. The number of hydrogen-bond donors (Lipinski definition) is 1. The molecule has 1 aromatic heterocycles. The molecular weight excluding hydrogens is 438 g/mol. The van der Waals surface area contributed by atoms with E-state index < -0.39 is 9.84 Å². The van der Waals surface area contributed by atoms with Gasteiger partial charge in [-0.05, 0) is 30.7 Å². The first-order valence-electron chi connectivity index (χ1n) is 11.1. The number of rotatable bonds is 2. The van der Waals surface area contributed by atoms with Gasteiger partial charge in [0.15, 0.2) is 9.84 Å². The SMILES string of the molecule is Cc1ccc2nc(N3CCS(=O)(=O)c4ccccc4C3)cc(N3C[C@@H]4OC(N)=N[C@@H]4C3)c2c1. The Morgan fingerprint density at radius 2 is 1.94 bits per heavy atom. The van der Waals surface area contributed by atoms with Crippen molar-refractivity contribution in [3.05, 3.63) is 59.7 Å². The first kappa shape index (κ1) is 20.3. The highest BCUT2D eigenvalue weighted by molar-refractivity contribution is 7.91. The topological polar surface area (TPSA) is 101 Å². The Kier molecular flexibility index (Phi) is 4.52. The van der Waals surface area contributed by atoms with Crippen LogP contribution in [0.5, 0.6) is 0 Å². The molecule has 0 unspecified atom stereocenters. The molecule has 2 atom stereocenters. The van der Waals surface area contributed by atoms with E-state index in [1.165, 1.54) is 0 Å². The van der Waals surface area contributed by atoms with Gasteiger partial charge in [-0.2, -0.15) is 0 Å². The van der Waals surface area contributed by atoms with Crippen molar-refractivity contribution >= 4 is 38.3 Å². The summed E-state index contributed by atoms with van der Waals surface area (Å²) < 4.78 is 31.4. The molecule has 6 rings (SSSR count). The number of hydrogen-bond acceptors (Lipinski definition) is 8. The molecule has 0 saturated carbocycles. The molecule has 33 heavy (non-hydrogen) atoms. The molecule has 3 aliphatic rings. The lowest BCUT2D eigenvalue weighted by atomic mass is 10.1. The van der Waals surface area contributed by atoms with Crippen molar-refractivity contribution in [2.75, 3.05) is 35.2 Å². The second-order valence-electron chi connectivity index (χ2n) is 8.96. The summed E-state index contributed by atoms with van der Waals surface area (Å²) in [5, 5.41) is 1.07. The van der Waals surface area contributed by atoms with Crippen LogP contribution in [0.4, 0.5) is 11.5 Å². The molecule has 9 heteroatoms. The minimum absolute atomic E-state index is 0.0247. The molecule has 2 N–H and O–H groups in total. The third kappa shape index (κ3) is 3.47. The Morgan fingerprint density at radius 1 is 1.09 bits per heavy atom. The predicted molar refractivity (Wildman–Crippen MR) is 129 cm³/mol. The molecule has 0 amide bonds. The zero-order valence-electron chi connectivity index (χ0n) is 18.3. The fourth-order valence-electron chi connectivity index (χ4n) is 5.03. The van der Waals surface area contributed by atoms with Gasteiger partial charge in [0.25, 0.3) is 6.02 Å². The summed E-state index contributed by atoms with van der Waals surface area (Å²) in [6, 6.07) is 15.9. The zero-order valence-corrected chi connectivity index (χ0v) is 19.1. The monoisotopic (exact) mass is 463 g/mol. The molecule has 1 fully saturated rings. The standard InChI is InChI=1S/C24H25N5O3S/c1-15-6-7-18-17(10-15)20(29-13-19-21(14-29)32-24(25)27-19)11-23(26-18)28-8-9-33(30,31)22-5-3-2-4-16(22)12-28/h2-7,10-11,19,21H,8-9,12-14H2,1H3,(H2,25,27)/t19-,21+/m1/s1. The van der Waals surface area contributed by atoms with Crippen LogP contribution in [0.25, 0.3) is 10.9 Å². The van der Waals surface area contributed by atoms with Crippen LogP contribution in [0.2, 0.25) is 0 Å². The van der Waals surface area contributed by atoms with Crippen LogP contribution in [0.15, 0.2) is 58.4 Å². The van der Waals surface area contributed by atoms with Crippen LogP contribution in [0.1, 0.15) is 11.1 Å². The molecule has 170 valence electrons. The second-order valence-corrected chi connectivity index (χ2v) is 11.0. The molecule has 0 aliphatic carbocycles. The van der Waals surface area contributed by atoms with Crippen LogP contribution in [0, 0.1) is 6.92 Å². The van der Waals surface area contributed by atoms with Crippen molar-refractivity contribution in [3.8, 4) is 0 Å². The lowest BCUT2D eigenvalue weighted by Crippen LogP contribution is -2.28. The van der Waals surface area contributed by atoms with E-state index in [9.17, 15) is 8.42 Å². The molecule has 0 spiro atoms. The number of nitrogens with zero attached hydrogens (tertiary/aromatic N) is 4. The fourth-order valence-corrected chi connectivity index (χ4v) is 6.53. The van der Waals surface area contributed by atoms with Gasteiger partial charge in [-0.1, -0.05) is 29.8 Å². The minimum Gasteiger partial charge on any atom is -0.458 e. The molecule has 3 aromatic rings. The number of aliphatic imine (C=N–C) groups is 1.